The number of nitrogens with zero attached hydrogens (tertiary/aromatic N) is 4. The maximum absolute atomic E-state index is 12.8. The molecule has 3 aromatic rings. The van der Waals surface area contributed by atoms with E-state index in [0.29, 0.717) is 52.7 Å². The van der Waals surface area contributed by atoms with Crippen molar-refractivity contribution in [1.29, 1.82) is 0 Å². The Morgan fingerprint density at radius 1 is 1.19 bits per heavy atom. The molecule has 1 aliphatic rings. The maximum Gasteiger partial charge on any atom is 0.321 e. The zero-order valence-corrected chi connectivity index (χ0v) is 17.9. The van der Waals surface area contributed by atoms with Crippen LogP contribution in [0.2, 0.25) is 5.02 Å². The zero-order chi connectivity index (χ0) is 21.8. The van der Waals surface area contributed by atoms with Gasteiger partial charge in [0.2, 0.25) is 11.7 Å². The highest BCUT2D eigenvalue weighted by molar-refractivity contribution is 6.32. The maximum atomic E-state index is 12.8. The van der Waals surface area contributed by atoms with Crippen LogP contribution in [0.3, 0.4) is 0 Å². The van der Waals surface area contributed by atoms with E-state index in [1.54, 1.807) is 23.2 Å². The molecule has 0 aliphatic carbocycles. The normalized spacial score (nSPS) is 14.4. The highest BCUT2D eigenvalue weighted by atomic mass is 35.5. The van der Waals surface area contributed by atoms with E-state index in [-0.39, 0.29) is 11.9 Å². The summed E-state index contributed by atoms with van der Waals surface area (Å²) in [5.41, 5.74) is 1.16. The zero-order valence-electron chi connectivity index (χ0n) is 17.2. The van der Waals surface area contributed by atoms with Crippen molar-refractivity contribution < 1.29 is 18.8 Å². The first-order valence-electron chi connectivity index (χ1n) is 9.81. The second-order valence-electron chi connectivity index (χ2n) is 7.05. The Bertz CT molecular complexity index is 1050. The lowest BCUT2D eigenvalue weighted by Crippen LogP contribution is -2.40. The summed E-state index contributed by atoms with van der Waals surface area (Å²) in [6.07, 6.45) is 3.13. The van der Waals surface area contributed by atoms with Crippen molar-refractivity contribution in [2.45, 2.75) is 18.8 Å². The fraction of sp³-hybridized carbons (Fsp3) is 0.333. The number of nitrogens with one attached hydrogen (secondary N) is 1. The third-order valence-electron chi connectivity index (χ3n) is 5.18. The second kappa shape index (κ2) is 9.22. The molecule has 0 bridgehead atoms. The van der Waals surface area contributed by atoms with Crippen LogP contribution in [0.5, 0.6) is 11.5 Å². The first kappa shape index (κ1) is 20.9. The highest BCUT2D eigenvalue weighted by Crippen LogP contribution is 2.36. The van der Waals surface area contributed by atoms with E-state index in [2.05, 4.69) is 20.4 Å². The summed E-state index contributed by atoms with van der Waals surface area (Å²) in [7, 11) is 3.03. The monoisotopic (exact) mass is 443 g/mol. The van der Waals surface area contributed by atoms with Crippen molar-refractivity contribution >= 4 is 23.3 Å². The van der Waals surface area contributed by atoms with Crippen molar-refractivity contribution in [3.63, 3.8) is 0 Å². The molecule has 3 heterocycles. The molecule has 0 radical (unpaired) electrons. The van der Waals surface area contributed by atoms with Crippen LogP contribution in [0.1, 0.15) is 24.7 Å². The number of rotatable bonds is 5. The number of methoxy groups -OCH3 is 2. The predicted octanol–water partition coefficient (Wildman–Crippen LogP) is 4.21. The number of aromatic nitrogens is 3. The Balaban J connectivity index is 1.38. The van der Waals surface area contributed by atoms with Crippen LogP contribution >= 0.6 is 11.6 Å². The molecular weight excluding hydrogens is 422 g/mol. The highest BCUT2D eigenvalue weighted by Gasteiger charge is 2.28. The number of carbonyl (C=O) groups excluding carboxylic acids is 1. The Kier molecular flexibility index (Phi) is 6.22. The lowest BCUT2D eigenvalue weighted by molar-refractivity contribution is 0.187. The van der Waals surface area contributed by atoms with Gasteiger partial charge >= 0.3 is 6.03 Å². The van der Waals surface area contributed by atoms with Crippen LogP contribution in [0.4, 0.5) is 10.5 Å². The first-order chi connectivity index (χ1) is 15.1. The molecule has 1 fully saturated rings. The van der Waals surface area contributed by atoms with Crippen LogP contribution in [-0.2, 0) is 0 Å². The standard InChI is InChI=1S/C21H22ClN5O4/c1-29-17-12-16(18(30-2)11-14(17)22)24-21(28)27-9-6-13(7-10-27)20-25-19(26-31-20)15-5-3-4-8-23-15/h3-5,8,11-13H,6-7,9-10H2,1-2H3,(H,24,28). The number of anilines is 1. The van der Waals surface area contributed by atoms with E-state index in [0.717, 1.165) is 12.8 Å². The average molecular weight is 444 g/mol. The van der Waals surface area contributed by atoms with Gasteiger partial charge in [0.05, 0.1) is 24.9 Å². The van der Waals surface area contributed by atoms with Crippen molar-refractivity contribution in [2.24, 2.45) is 0 Å². The van der Waals surface area contributed by atoms with Gasteiger partial charge in [-0.2, -0.15) is 4.98 Å². The molecule has 162 valence electrons. The predicted molar refractivity (Wildman–Crippen MR) is 115 cm³/mol. The van der Waals surface area contributed by atoms with Crippen molar-refractivity contribution in [3.8, 4) is 23.0 Å². The molecule has 9 nitrogen and oxygen atoms in total. The van der Waals surface area contributed by atoms with Gasteiger partial charge in [0.1, 0.15) is 17.2 Å². The number of ether oxygens (including phenoxy) is 2. The van der Waals surface area contributed by atoms with E-state index in [9.17, 15) is 4.79 Å². The largest absolute Gasteiger partial charge is 0.495 e. The molecule has 1 aliphatic heterocycles. The van der Waals surface area contributed by atoms with Crippen LogP contribution in [-0.4, -0.2) is 53.4 Å². The molecule has 0 unspecified atom stereocenters. The first-order valence-corrected chi connectivity index (χ1v) is 10.2. The lowest BCUT2D eigenvalue weighted by Gasteiger charge is -2.30. The SMILES string of the molecule is COc1cc(NC(=O)N2CCC(c3nc(-c4ccccn4)no3)CC2)c(OC)cc1Cl. The molecule has 1 aromatic carbocycles. The molecule has 1 N–H and O–H groups in total. The molecule has 0 atom stereocenters. The number of hydrogen-bond donors (Lipinski definition) is 1. The van der Waals surface area contributed by atoms with Gasteiger partial charge in [-0.3, -0.25) is 4.98 Å². The van der Waals surface area contributed by atoms with Gasteiger partial charge in [-0.15, -0.1) is 0 Å². The third kappa shape index (κ3) is 4.56. The molecule has 2 amide bonds. The Hall–Kier alpha value is -3.33. The molecule has 1 saturated heterocycles. The van der Waals surface area contributed by atoms with Gasteiger partial charge in [-0.05, 0) is 25.0 Å². The Morgan fingerprint density at radius 2 is 1.97 bits per heavy atom. The minimum Gasteiger partial charge on any atom is -0.495 e. The van der Waals surface area contributed by atoms with Crippen LogP contribution < -0.4 is 14.8 Å². The summed E-state index contributed by atoms with van der Waals surface area (Å²) in [5, 5.41) is 7.32. The smallest absolute Gasteiger partial charge is 0.321 e. The number of piperidine rings is 1. The molecule has 31 heavy (non-hydrogen) atoms. The molecular formula is C21H22ClN5O4. The molecule has 4 rings (SSSR count). The number of likely N-dealkylation sites (tertiary alicyclic amines) is 1. The van der Waals surface area contributed by atoms with E-state index < -0.39 is 0 Å². The Morgan fingerprint density at radius 3 is 2.65 bits per heavy atom. The van der Waals surface area contributed by atoms with E-state index in [4.69, 9.17) is 25.6 Å². The Labute approximate surface area is 184 Å². The minimum atomic E-state index is -0.221. The molecule has 2 aromatic heterocycles. The van der Waals surface area contributed by atoms with Crippen LogP contribution in [0, 0.1) is 0 Å². The average Bonchev–Trinajstić information content (AvgIpc) is 3.31. The fourth-order valence-corrected chi connectivity index (χ4v) is 3.71. The van der Waals surface area contributed by atoms with Crippen molar-refractivity contribution in [3.05, 3.63) is 47.4 Å². The van der Waals surface area contributed by atoms with Crippen LogP contribution in [0.15, 0.2) is 41.1 Å². The summed E-state index contributed by atoms with van der Waals surface area (Å²) in [4.78, 5) is 23.3. The van der Waals surface area contributed by atoms with E-state index in [1.807, 2.05) is 18.2 Å². The van der Waals surface area contributed by atoms with Crippen LogP contribution in [0.25, 0.3) is 11.5 Å². The topological polar surface area (TPSA) is 103 Å². The molecule has 0 spiro atoms. The van der Waals surface area contributed by atoms with Gasteiger partial charge < -0.3 is 24.2 Å². The number of amides is 2. The van der Waals surface area contributed by atoms with Crippen molar-refractivity contribution in [1.82, 2.24) is 20.0 Å². The minimum absolute atomic E-state index is 0.0965. The van der Waals surface area contributed by atoms with E-state index >= 15 is 0 Å². The fourth-order valence-electron chi connectivity index (χ4n) is 3.48. The summed E-state index contributed by atoms with van der Waals surface area (Å²) in [6.45, 7) is 1.12. The summed E-state index contributed by atoms with van der Waals surface area (Å²) >= 11 is 6.13. The number of carbonyl (C=O) groups is 1. The van der Waals surface area contributed by atoms with Gasteiger partial charge in [-0.1, -0.05) is 22.8 Å². The summed E-state index contributed by atoms with van der Waals surface area (Å²) in [5.74, 6) is 2.06. The number of halogens is 1. The third-order valence-corrected chi connectivity index (χ3v) is 5.48. The van der Waals surface area contributed by atoms with Crippen molar-refractivity contribution in [2.75, 3.05) is 32.6 Å². The lowest BCUT2D eigenvalue weighted by atomic mass is 9.97. The van der Waals surface area contributed by atoms with Gasteiger partial charge in [-0.25, -0.2) is 4.79 Å². The van der Waals surface area contributed by atoms with Gasteiger partial charge in [0.15, 0.2) is 0 Å². The summed E-state index contributed by atoms with van der Waals surface area (Å²) in [6, 6.07) is 8.57. The quantitative estimate of drug-likeness (QED) is 0.629. The molecule has 0 saturated carbocycles. The number of hydrogen-bond acceptors (Lipinski definition) is 7. The van der Waals surface area contributed by atoms with Gasteiger partial charge in [0, 0.05) is 37.3 Å². The number of urea groups is 1. The summed E-state index contributed by atoms with van der Waals surface area (Å²) < 4.78 is 16.0. The second-order valence-corrected chi connectivity index (χ2v) is 7.46. The number of pyridine rings is 1. The number of benzene rings is 1. The van der Waals surface area contributed by atoms with E-state index in [1.165, 1.54) is 14.2 Å². The van der Waals surface area contributed by atoms with Gasteiger partial charge in [0.25, 0.3) is 0 Å². The molecule has 10 heteroatoms.